The molecule has 0 spiro atoms. The quantitative estimate of drug-likeness (QED) is 0.448. The standard InChI is InChI=1S/C17H15N3O2/c1-12(21)20(18)17(22)14-7-8-19-11-15(10-16(19)9-14)13-5-3-2-4-6-13/h2-11H,18H2,1H3. The van der Waals surface area contributed by atoms with E-state index in [1.165, 1.54) is 6.92 Å². The van der Waals surface area contributed by atoms with Crippen LogP contribution < -0.4 is 5.84 Å². The maximum atomic E-state index is 12.1. The molecule has 0 fully saturated rings. The summed E-state index contributed by atoms with van der Waals surface area (Å²) >= 11 is 0. The van der Waals surface area contributed by atoms with E-state index in [9.17, 15) is 9.59 Å². The van der Waals surface area contributed by atoms with E-state index in [4.69, 9.17) is 5.84 Å². The second-order valence-electron chi connectivity index (χ2n) is 5.04. The highest BCUT2D eigenvalue weighted by atomic mass is 16.2. The number of nitrogens with zero attached hydrogens (tertiary/aromatic N) is 2. The molecule has 0 bridgehead atoms. The van der Waals surface area contributed by atoms with Crippen molar-refractivity contribution in [3.63, 3.8) is 0 Å². The Labute approximate surface area is 127 Å². The van der Waals surface area contributed by atoms with Crippen molar-refractivity contribution in [2.75, 3.05) is 0 Å². The van der Waals surface area contributed by atoms with Crippen molar-refractivity contribution in [1.29, 1.82) is 0 Å². The Morgan fingerprint density at radius 2 is 1.77 bits per heavy atom. The van der Waals surface area contributed by atoms with E-state index >= 15 is 0 Å². The molecule has 0 radical (unpaired) electrons. The third kappa shape index (κ3) is 2.49. The largest absolute Gasteiger partial charge is 0.323 e. The predicted molar refractivity (Wildman–Crippen MR) is 83.9 cm³/mol. The highest BCUT2D eigenvalue weighted by molar-refractivity contribution is 6.04. The molecule has 2 amide bonds. The first-order chi connectivity index (χ1) is 10.6. The molecule has 2 heterocycles. The molecule has 0 atom stereocenters. The molecule has 0 aliphatic rings. The first-order valence-electron chi connectivity index (χ1n) is 6.83. The van der Waals surface area contributed by atoms with Crippen molar-refractivity contribution in [3.8, 4) is 11.1 Å². The van der Waals surface area contributed by atoms with Crippen LogP contribution in [0.1, 0.15) is 17.3 Å². The van der Waals surface area contributed by atoms with Gasteiger partial charge in [-0.25, -0.2) is 10.9 Å². The number of fused-ring (bicyclic) bond motifs is 1. The number of imide groups is 1. The molecule has 0 unspecified atom stereocenters. The number of amides is 2. The van der Waals surface area contributed by atoms with Gasteiger partial charge in [0.1, 0.15) is 0 Å². The van der Waals surface area contributed by atoms with Crippen molar-refractivity contribution in [3.05, 3.63) is 66.5 Å². The number of hydrogen-bond acceptors (Lipinski definition) is 3. The topological polar surface area (TPSA) is 67.8 Å². The van der Waals surface area contributed by atoms with E-state index in [-0.39, 0.29) is 0 Å². The van der Waals surface area contributed by atoms with Gasteiger partial charge in [-0.15, -0.1) is 0 Å². The maximum absolute atomic E-state index is 12.1. The molecule has 0 aliphatic heterocycles. The molecule has 2 aromatic heterocycles. The molecular weight excluding hydrogens is 278 g/mol. The summed E-state index contributed by atoms with van der Waals surface area (Å²) in [6.45, 7) is 1.25. The van der Waals surface area contributed by atoms with Crippen LogP contribution in [-0.4, -0.2) is 21.2 Å². The zero-order valence-electron chi connectivity index (χ0n) is 12.1. The van der Waals surface area contributed by atoms with Crippen molar-refractivity contribution >= 4 is 17.3 Å². The molecule has 0 saturated carbocycles. The number of nitrogens with two attached hydrogens (primary N) is 1. The highest BCUT2D eigenvalue weighted by Gasteiger charge is 2.16. The van der Waals surface area contributed by atoms with Crippen LogP contribution in [-0.2, 0) is 4.79 Å². The number of aromatic nitrogens is 1. The number of hydrazine groups is 1. The van der Waals surface area contributed by atoms with Crippen LogP contribution in [0, 0.1) is 0 Å². The van der Waals surface area contributed by atoms with Crippen molar-refractivity contribution in [2.24, 2.45) is 5.84 Å². The van der Waals surface area contributed by atoms with Crippen molar-refractivity contribution in [2.45, 2.75) is 6.92 Å². The summed E-state index contributed by atoms with van der Waals surface area (Å²) in [5, 5.41) is 0.618. The van der Waals surface area contributed by atoms with Gasteiger partial charge in [0.2, 0.25) is 5.91 Å². The smallest absolute Gasteiger partial charge is 0.274 e. The third-order valence-corrected chi connectivity index (χ3v) is 3.51. The molecule has 110 valence electrons. The van der Waals surface area contributed by atoms with Crippen molar-refractivity contribution in [1.82, 2.24) is 9.41 Å². The zero-order valence-corrected chi connectivity index (χ0v) is 12.1. The summed E-state index contributed by atoms with van der Waals surface area (Å²) < 4.78 is 1.92. The Bertz CT molecular complexity index is 853. The Balaban J connectivity index is 2.01. The van der Waals surface area contributed by atoms with Crippen LogP contribution in [0.3, 0.4) is 0 Å². The minimum absolute atomic E-state index is 0.378. The van der Waals surface area contributed by atoms with E-state index in [0.717, 1.165) is 16.6 Å². The van der Waals surface area contributed by atoms with Crippen LogP contribution in [0.25, 0.3) is 16.6 Å². The summed E-state index contributed by atoms with van der Waals surface area (Å²) in [5.74, 6) is 4.45. The predicted octanol–water partition coefficient (Wildman–Crippen LogP) is 2.47. The summed E-state index contributed by atoms with van der Waals surface area (Å²) in [4.78, 5) is 23.3. The molecule has 3 aromatic rings. The molecule has 5 heteroatoms. The van der Waals surface area contributed by atoms with Gasteiger partial charge in [-0.3, -0.25) is 9.59 Å². The molecule has 1 aromatic carbocycles. The Morgan fingerprint density at radius 1 is 1.05 bits per heavy atom. The first-order valence-corrected chi connectivity index (χ1v) is 6.83. The lowest BCUT2D eigenvalue weighted by atomic mass is 10.1. The summed E-state index contributed by atoms with van der Waals surface area (Å²) in [6.07, 6.45) is 3.77. The van der Waals surface area contributed by atoms with Gasteiger partial charge in [0.25, 0.3) is 5.91 Å². The summed E-state index contributed by atoms with van der Waals surface area (Å²) in [5.41, 5.74) is 3.40. The van der Waals surface area contributed by atoms with Crippen LogP contribution in [0.2, 0.25) is 0 Å². The van der Waals surface area contributed by atoms with E-state index in [1.54, 1.807) is 18.3 Å². The van der Waals surface area contributed by atoms with E-state index in [0.29, 0.717) is 10.6 Å². The summed E-state index contributed by atoms with van der Waals surface area (Å²) in [7, 11) is 0. The monoisotopic (exact) mass is 293 g/mol. The van der Waals surface area contributed by atoms with E-state index < -0.39 is 11.8 Å². The number of carbonyl (C=O) groups is 2. The van der Waals surface area contributed by atoms with Gasteiger partial charge in [0.05, 0.1) is 0 Å². The molecule has 2 N–H and O–H groups in total. The normalized spacial score (nSPS) is 10.6. The van der Waals surface area contributed by atoms with Gasteiger partial charge in [-0.2, -0.15) is 0 Å². The zero-order chi connectivity index (χ0) is 15.7. The highest BCUT2D eigenvalue weighted by Crippen LogP contribution is 2.23. The van der Waals surface area contributed by atoms with Gasteiger partial charge < -0.3 is 4.40 Å². The van der Waals surface area contributed by atoms with Crippen LogP contribution in [0.15, 0.2) is 60.9 Å². The lowest BCUT2D eigenvalue weighted by molar-refractivity contribution is -0.126. The molecule has 5 nitrogen and oxygen atoms in total. The molecular formula is C17H15N3O2. The fourth-order valence-corrected chi connectivity index (χ4v) is 2.31. The van der Waals surface area contributed by atoms with Gasteiger partial charge in [-0.05, 0) is 23.8 Å². The van der Waals surface area contributed by atoms with Gasteiger partial charge in [0.15, 0.2) is 0 Å². The lowest BCUT2D eigenvalue weighted by Gasteiger charge is -2.12. The van der Waals surface area contributed by atoms with Crippen LogP contribution >= 0.6 is 0 Å². The number of hydrogen-bond donors (Lipinski definition) is 1. The first kappa shape index (κ1) is 14.0. The Morgan fingerprint density at radius 3 is 2.45 bits per heavy atom. The minimum Gasteiger partial charge on any atom is -0.323 e. The van der Waals surface area contributed by atoms with Gasteiger partial charge >= 0.3 is 0 Å². The lowest BCUT2D eigenvalue weighted by Crippen LogP contribution is -2.41. The van der Waals surface area contributed by atoms with Gasteiger partial charge in [-0.1, -0.05) is 30.3 Å². The maximum Gasteiger partial charge on any atom is 0.274 e. The minimum atomic E-state index is -0.516. The Kier molecular flexibility index (Phi) is 3.48. The summed E-state index contributed by atoms with van der Waals surface area (Å²) in [6, 6.07) is 15.3. The third-order valence-electron chi connectivity index (χ3n) is 3.51. The fourth-order valence-electron chi connectivity index (χ4n) is 2.31. The molecule has 3 rings (SSSR count). The second kappa shape index (κ2) is 5.46. The van der Waals surface area contributed by atoms with Gasteiger partial charge in [0, 0.05) is 36.0 Å². The van der Waals surface area contributed by atoms with Crippen molar-refractivity contribution < 1.29 is 9.59 Å². The second-order valence-corrected chi connectivity index (χ2v) is 5.04. The number of rotatable bonds is 2. The average molecular weight is 293 g/mol. The van der Waals surface area contributed by atoms with E-state index in [1.807, 2.05) is 47.0 Å². The average Bonchev–Trinajstić information content (AvgIpc) is 2.97. The molecule has 0 aliphatic carbocycles. The number of benzene rings is 1. The number of carbonyl (C=O) groups excluding carboxylic acids is 2. The van der Waals surface area contributed by atoms with E-state index in [2.05, 4.69) is 0 Å². The van der Waals surface area contributed by atoms with Crippen LogP contribution in [0.5, 0.6) is 0 Å². The molecule has 0 saturated heterocycles. The van der Waals surface area contributed by atoms with Crippen LogP contribution in [0.4, 0.5) is 0 Å². The number of pyridine rings is 1. The molecule has 22 heavy (non-hydrogen) atoms. The Hall–Kier alpha value is -2.92. The SMILES string of the molecule is CC(=O)N(N)C(=O)c1ccn2cc(-c3ccccc3)cc2c1. The fraction of sp³-hybridized carbons (Fsp3) is 0.0588.